The lowest BCUT2D eigenvalue weighted by atomic mass is 9.77. The number of nitrogens with one attached hydrogen (secondary N) is 1. The molecule has 2 aromatic rings. The zero-order chi connectivity index (χ0) is 20.4. The minimum Gasteiger partial charge on any atom is -0.472 e. The Hall–Kier alpha value is -2.41. The highest BCUT2D eigenvalue weighted by Gasteiger charge is 2.28. The van der Waals surface area contributed by atoms with E-state index >= 15 is 0 Å². The van der Waals surface area contributed by atoms with Crippen LogP contribution in [0.5, 0.6) is 5.88 Å². The molecule has 0 unspecified atom stereocenters. The summed E-state index contributed by atoms with van der Waals surface area (Å²) in [5, 5.41) is 6.33. The zero-order valence-corrected chi connectivity index (χ0v) is 17.2. The van der Waals surface area contributed by atoms with Crippen LogP contribution in [-0.4, -0.2) is 40.2 Å². The second-order valence-corrected chi connectivity index (χ2v) is 8.34. The van der Waals surface area contributed by atoms with Crippen molar-refractivity contribution in [2.75, 3.05) is 18.0 Å². The average Bonchev–Trinajstić information content (AvgIpc) is 3.18. The van der Waals surface area contributed by atoms with Crippen molar-refractivity contribution in [1.29, 1.82) is 0 Å². The summed E-state index contributed by atoms with van der Waals surface area (Å²) in [4.78, 5) is 29.7. The molecule has 1 atom stereocenters. The van der Waals surface area contributed by atoms with Crippen molar-refractivity contribution in [2.45, 2.75) is 51.0 Å². The summed E-state index contributed by atoms with van der Waals surface area (Å²) < 4.78 is 6.13. The van der Waals surface area contributed by atoms with E-state index in [-0.39, 0.29) is 22.6 Å². The van der Waals surface area contributed by atoms with Gasteiger partial charge in [-0.3, -0.25) is 9.59 Å². The van der Waals surface area contributed by atoms with Crippen molar-refractivity contribution >= 4 is 23.1 Å². The summed E-state index contributed by atoms with van der Waals surface area (Å²) >= 11 is 6.12. The van der Waals surface area contributed by atoms with Gasteiger partial charge >= 0.3 is 0 Å². The van der Waals surface area contributed by atoms with E-state index in [1.54, 1.807) is 19.3 Å². The zero-order valence-electron chi connectivity index (χ0n) is 16.4. The third-order valence-electron chi connectivity index (χ3n) is 6.08. The van der Waals surface area contributed by atoms with Crippen LogP contribution >= 0.6 is 11.6 Å². The molecule has 0 amide bonds. The fourth-order valence-corrected chi connectivity index (χ4v) is 4.60. The van der Waals surface area contributed by atoms with Gasteiger partial charge in [-0.2, -0.15) is 5.10 Å². The number of aromatic amines is 1. The summed E-state index contributed by atoms with van der Waals surface area (Å²) in [6, 6.07) is 4.08. The molecule has 2 fully saturated rings. The Labute approximate surface area is 174 Å². The van der Waals surface area contributed by atoms with E-state index in [2.05, 4.69) is 15.2 Å². The second-order valence-electron chi connectivity index (χ2n) is 7.96. The normalized spacial score (nSPS) is 24.5. The highest BCUT2D eigenvalue weighted by Crippen LogP contribution is 2.37. The molecule has 1 aliphatic carbocycles. The van der Waals surface area contributed by atoms with E-state index < -0.39 is 0 Å². The van der Waals surface area contributed by atoms with E-state index in [0.717, 1.165) is 38.6 Å². The SMILES string of the molecule is CC(=O)C1CCC(c2ccnc(O[C@@H]3CCN(c4cn[nH]c(=O)c4Cl)C3)c2)CC1. The van der Waals surface area contributed by atoms with Gasteiger partial charge in [0.1, 0.15) is 16.9 Å². The van der Waals surface area contributed by atoms with Gasteiger partial charge < -0.3 is 9.64 Å². The summed E-state index contributed by atoms with van der Waals surface area (Å²) in [5.41, 5.74) is 1.47. The lowest BCUT2D eigenvalue weighted by Crippen LogP contribution is -2.26. The molecule has 1 N–H and O–H groups in total. The van der Waals surface area contributed by atoms with Crippen molar-refractivity contribution in [3.05, 3.63) is 45.5 Å². The topological polar surface area (TPSA) is 88.2 Å². The number of carbonyl (C=O) groups excluding carboxylic acids is 1. The molecule has 0 aromatic carbocycles. The number of Topliss-reactive ketones (excluding diaryl/α,β-unsaturated/α-hetero) is 1. The Bertz CT molecular complexity index is 940. The number of ether oxygens (including phenoxy) is 1. The molecule has 154 valence electrons. The number of carbonyl (C=O) groups is 1. The summed E-state index contributed by atoms with van der Waals surface area (Å²) in [5.74, 6) is 1.61. The highest BCUT2D eigenvalue weighted by atomic mass is 35.5. The molecule has 2 aliphatic rings. The number of H-pyrrole nitrogens is 1. The molecule has 4 rings (SSSR count). The van der Waals surface area contributed by atoms with Gasteiger partial charge in [-0.15, -0.1) is 0 Å². The van der Waals surface area contributed by atoms with Crippen molar-refractivity contribution in [2.24, 2.45) is 5.92 Å². The maximum absolute atomic E-state index is 11.7. The third kappa shape index (κ3) is 4.45. The van der Waals surface area contributed by atoms with Crippen LogP contribution in [0.15, 0.2) is 29.3 Å². The van der Waals surface area contributed by atoms with Gasteiger partial charge in [0.15, 0.2) is 0 Å². The van der Waals surface area contributed by atoms with Gasteiger partial charge in [-0.1, -0.05) is 11.6 Å². The number of rotatable bonds is 5. The Morgan fingerprint density at radius 3 is 2.83 bits per heavy atom. The number of anilines is 1. The van der Waals surface area contributed by atoms with Crippen LogP contribution in [0.4, 0.5) is 5.69 Å². The van der Waals surface area contributed by atoms with Crippen LogP contribution in [0.1, 0.15) is 50.5 Å². The molecule has 3 heterocycles. The van der Waals surface area contributed by atoms with Crippen LogP contribution in [0.2, 0.25) is 5.02 Å². The van der Waals surface area contributed by atoms with E-state index in [9.17, 15) is 9.59 Å². The quantitative estimate of drug-likeness (QED) is 0.804. The molecule has 1 aliphatic heterocycles. The summed E-state index contributed by atoms with van der Waals surface area (Å²) in [7, 11) is 0. The molecule has 1 saturated heterocycles. The van der Waals surface area contributed by atoms with Crippen molar-refractivity contribution in [3.63, 3.8) is 0 Å². The molecule has 0 bridgehead atoms. The number of hydrogen-bond acceptors (Lipinski definition) is 6. The van der Waals surface area contributed by atoms with E-state index in [1.807, 2.05) is 17.0 Å². The number of aromatic nitrogens is 3. The molecule has 1 saturated carbocycles. The Balaban J connectivity index is 1.38. The first-order valence-corrected chi connectivity index (χ1v) is 10.5. The monoisotopic (exact) mass is 416 g/mol. The minimum absolute atomic E-state index is 0.0263. The maximum atomic E-state index is 11.7. The number of halogens is 1. The van der Waals surface area contributed by atoms with Crippen molar-refractivity contribution in [1.82, 2.24) is 15.2 Å². The molecule has 0 spiro atoms. The Kier molecular flexibility index (Phi) is 5.85. The fourth-order valence-electron chi connectivity index (χ4n) is 4.38. The first-order valence-electron chi connectivity index (χ1n) is 10.1. The Morgan fingerprint density at radius 1 is 1.28 bits per heavy atom. The molecule has 29 heavy (non-hydrogen) atoms. The number of hydrogen-bond donors (Lipinski definition) is 1. The summed E-state index contributed by atoms with van der Waals surface area (Å²) in [6.45, 7) is 3.06. The van der Waals surface area contributed by atoms with Crippen LogP contribution in [0.25, 0.3) is 0 Å². The predicted molar refractivity (Wildman–Crippen MR) is 111 cm³/mol. The van der Waals surface area contributed by atoms with E-state index in [0.29, 0.717) is 29.8 Å². The molecule has 8 heteroatoms. The molecular weight excluding hydrogens is 392 g/mol. The van der Waals surface area contributed by atoms with E-state index in [1.165, 1.54) is 5.56 Å². The third-order valence-corrected chi connectivity index (χ3v) is 6.45. The van der Waals surface area contributed by atoms with Gasteiger partial charge in [0, 0.05) is 31.1 Å². The van der Waals surface area contributed by atoms with Crippen LogP contribution in [0, 0.1) is 5.92 Å². The average molecular weight is 417 g/mol. The van der Waals surface area contributed by atoms with Crippen LogP contribution in [0.3, 0.4) is 0 Å². The molecule has 7 nitrogen and oxygen atoms in total. The second kappa shape index (κ2) is 8.53. The van der Waals surface area contributed by atoms with Crippen LogP contribution in [-0.2, 0) is 4.79 Å². The first kappa shape index (κ1) is 19.9. The van der Waals surface area contributed by atoms with Gasteiger partial charge in [0.25, 0.3) is 5.56 Å². The standard InChI is InChI=1S/C21H25ClN4O3/c1-13(27)14-2-4-15(5-3-14)16-6-8-23-19(10-16)29-17-7-9-26(12-17)18-11-24-25-21(28)20(18)22/h6,8,10-11,14-15,17H,2-5,7,9,12H2,1H3,(H,25,28)/t14?,15?,17-/m1/s1. The van der Waals surface area contributed by atoms with E-state index in [4.69, 9.17) is 16.3 Å². The molecule has 2 aromatic heterocycles. The first-order chi connectivity index (χ1) is 14.0. The smallest absolute Gasteiger partial charge is 0.285 e. The van der Waals surface area contributed by atoms with Crippen molar-refractivity contribution in [3.8, 4) is 5.88 Å². The highest BCUT2D eigenvalue weighted by molar-refractivity contribution is 6.33. The molecular formula is C21H25ClN4O3. The Morgan fingerprint density at radius 2 is 2.07 bits per heavy atom. The fraction of sp³-hybridized carbons (Fsp3) is 0.524. The van der Waals surface area contributed by atoms with Gasteiger partial charge in [0.2, 0.25) is 5.88 Å². The largest absolute Gasteiger partial charge is 0.472 e. The number of ketones is 1. The number of nitrogens with zero attached hydrogens (tertiary/aromatic N) is 3. The van der Waals surface area contributed by atoms with Gasteiger partial charge in [-0.05, 0) is 50.2 Å². The van der Waals surface area contributed by atoms with Gasteiger partial charge in [0.05, 0.1) is 18.4 Å². The van der Waals surface area contributed by atoms with Crippen LogP contribution < -0.4 is 15.2 Å². The lowest BCUT2D eigenvalue weighted by molar-refractivity contribution is -0.121. The van der Waals surface area contributed by atoms with Gasteiger partial charge in [-0.25, -0.2) is 10.1 Å². The number of pyridine rings is 1. The maximum Gasteiger partial charge on any atom is 0.285 e. The minimum atomic E-state index is -0.387. The van der Waals surface area contributed by atoms with Crippen molar-refractivity contribution < 1.29 is 9.53 Å². The predicted octanol–water partition coefficient (Wildman–Crippen LogP) is 3.34. The molecule has 0 radical (unpaired) electrons. The summed E-state index contributed by atoms with van der Waals surface area (Å²) in [6.07, 6.45) is 8.13. The lowest BCUT2D eigenvalue weighted by Gasteiger charge is -2.27.